The topological polar surface area (TPSA) is 82.7 Å². The number of carbonyl (C=O) groups excluding carboxylic acids is 1. The van der Waals surface area contributed by atoms with Crippen LogP contribution in [-0.2, 0) is 0 Å². The first kappa shape index (κ1) is 19.5. The maximum atomic E-state index is 13.0. The first-order valence-corrected chi connectivity index (χ1v) is 9.20. The Bertz CT molecular complexity index is 948. The number of aliphatic imine (C=N–C) groups is 1. The Morgan fingerprint density at radius 1 is 1.32 bits per heavy atom. The molecule has 1 aliphatic rings. The molecule has 2 aromatic carbocycles. The number of ether oxygens (including phenoxy) is 1. The van der Waals surface area contributed by atoms with E-state index in [1.807, 2.05) is 18.2 Å². The number of hydrogen-bond acceptors (Lipinski definition) is 4. The molecule has 0 unspecified atom stereocenters. The Hall–Kier alpha value is -3.21. The predicted octanol–water partition coefficient (Wildman–Crippen LogP) is 4.75. The van der Waals surface area contributed by atoms with Gasteiger partial charge in [-0.25, -0.2) is 4.99 Å². The summed E-state index contributed by atoms with van der Waals surface area (Å²) in [6.07, 6.45) is 2.89. The van der Waals surface area contributed by atoms with Crippen LogP contribution in [-0.4, -0.2) is 29.5 Å². The van der Waals surface area contributed by atoms with Crippen molar-refractivity contribution < 1.29 is 14.6 Å². The number of benzene rings is 2. The highest BCUT2D eigenvalue weighted by Crippen LogP contribution is 2.50. The molecule has 0 radical (unpaired) electrons. The van der Waals surface area contributed by atoms with E-state index < -0.39 is 0 Å². The first-order chi connectivity index (χ1) is 13.4. The number of hydrogen-bond donors (Lipinski definition) is 2. The summed E-state index contributed by atoms with van der Waals surface area (Å²) in [5, 5.41) is 18.4. The number of methoxy groups -OCH3 is 1. The van der Waals surface area contributed by atoms with Gasteiger partial charge in [0.05, 0.1) is 7.11 Å². The third-order valence-corrected chi connectivity index (χ3v) is 5.06. The van der Waals surface area contributed by atoms with Crippen LogP contribution in [0.25, 0.3) is 0 Å². The second-order valence-corrected chi connectivity index (χ2v) is 7.02. The van der Waals surface area contributed by atoms with Gasteiger partial charge in [-0.3, -0.25) is 10.2 Å². The highest BCUT2D eigenvalue weighted by atomic mass is 16.5. The monoisotopic (exact) mass is 376 g/mol. The van der Waals surface area contributed by atoms with Crippen molar-refractivity contribution in [3.63, 3.8) is 0 Å². The van der Waals surface area contributed by atoms with Crippen LogP contribution in [0.4, 0.5) is 0 Å². The van der Waals surface area contributed by atoms with Crippen LogP contribution in [0, 0.1) is 11.3 Å². The standard InChI is InChI=1S/C23H24N2O3/c1-4-14(2)25-23(24)19-13-22(28-3)21(27)12-18(19)20(26)11-16-10-17(16)15-8-6-5-7-9-15/h4-9,12-13,16-17,24,27H,1,10-11H2,2-3H3/t16-,17+/m1/s1. The Morgan fingerprint density at radius 2 is 2.04 bits per heavy atom. The van der Waals surface area contributed by atoms with E-state index >= 15 is 0 Å². The molecule has 2 aromatic rings. The lowest BCUT2D eigenvalue weighted by atomic mass is 9.97. The van der Waals surface area contributed by atoms with E-state index in [1.165, 1.54) is 24.8 Å². The van der Waals surface area contributed by atoms with Gasteiger partial charge >= 0.3 is 0 Å². The van der Waals surface area contributed by atoms with E-state index in [0.717, 1.165) is 6.42 Å². The van der Waals surface area contributed by atoms with Crippen LogP contribution in [0.3, 0.4) is 0 Å². The fraction of sp³-hybridized carbons (Fsp3) is 0.261. The Morgan fingerprint density at radius 3 is 2.68 bits per heavy atom. The molecule has 0 aliphatic heterocycles. The van der Waals surface area contributed by atoms with Gasteiger partial charge in [-0.15, -0.1) is 0 Å². The van der Waals surface area contributed by atoms with E-state index in [-0.39, 0.29) is 29.0 Å². The normalized spacial score (nSPS) is 18.4. The molecular weight excluding hydrogens is 352 g/mol. The number of aromatic hydroxyl groups is 1. The van der Waals surface area contributed by atoms with Crippen LogP contribution in [0.2, 0.25) is 0 Å². The lowest BCUT2D eigenvalue weighted by molar-refractivity contribution is 0.0974. The molecule has 2 N–H and O–H groups in total. The van der Waals surface area contributed by atoms with Gasteiger partial charge in [0.15, 0.2) is 23.1 Å². The molecule has 0 amide bonds. The molecule has 1 aliphatic carbocycles. The number of rotatable bonds is 7. The summed E-state index contributed by atoms with van der Waals surface area (Å²) < 4.78 is 5.14. The van der Waals surface area contributed by atoms with Crippen LogP contribution in [0.5, 0.6) is 11.5 Å². The van der Waals surface area contributed by atoms with E-state index in [9.17, 15) is 9.90 Å². The van der Waals surface area contributed by atoms with Gasteiger partial charge in [0.2, 0.25) is 0 Å². The zero-order valence-electron chi connectivity index (χ0n) is 16.1. The summed E-state index contributed by atoms with van der Waals surface area (Å²) in [5.74, 6) is 0.584. The van der Waals surface area contributed by atoms with E-state index in [2.05, 4.69) is 23.7 Å². The number of phenolic OH excluding ortho intramolecular Hbond substituents is 1. The summed E-state index contributed by atoms with van der Waals surface area (Å²) in [7, 11) is 1.43. The largest absolute Gasteiger partial charge is 0.504 e. The van der Waals surface area contributed by atoms with Crippen molar-refractivity contribution >= 4 is 17.3 Å². The number of allylic oxidation sites excluding steroid dienone is 1. The van der Waals surface area contributed by atoms with Gasteiger partial charge in [0, 0.05) is 23.3 Å². The quantitative estimate of drug-likeness (QED) is 0.415. The minimum atomic E-state index is -0.123. The third kappa shape index (κ3) is 4.19. The van der Waals surface area contributed by atoms with Crippen LogP contribution < -0.4 is 4.74 Å². The fourth-order valence-corrected chi connectivity index (χ4v) is 3.37. The number of phenols is 1. The summed E-state index contributed by atoms with van der Waals surface area (Å²) in [5.41, 5.74) is 2.46. The lowest BCUT2D eigenvalue weighted by Gasteiger charge is -2.12. The number of amidine groups is 1. The lowest BCUT2D eigenvalue weighted by Crippen LogP contribution is -2.10. The highest BCUT2D eigenvalue weighted by Gasteiger charge is 2.39. The second kappa shape index (κ2) is 8.21. The Labute approximate surface area is 164 Å². The van der Waals surface area contributed by atoms with Gasteiger partial charge in [-0.05, 0) is 49.0 Å². The van der Waals surface area contributed by atoms with Crippen molar-refractivity contribution in [2.75, 3.05) is 7.11 Å². The average molecular weight is 376 g/mol. The van der Waals surface area contributed by atoms with Gasteiger partial charge in [0.25, 0.3) is 0 Å². The van der Waals surface area contributed by atoms with Crippen molar-refractivity contribution in [3.05, 3.63) is 71.8 Å². The summed E-state index contributed by atoms with van der Waals surface area (Å²) in [6, 6.07) is 13.0. The molecule has 5 nitrogen and oxygen atoms in total. The Kier molecular flexibility index (Phi) is 5.73. The summed E-state index contributed by atoms with van der Waals surface area (Å²) >= 11 is 0. The maximum absolute atomic E-state index is 13.0. The van der Waals surface area contributed by atoms with Crippen molar-refractivity contribution in [1.82, 2.24) is 0 Å². The van der Waals surface area contributed by atoms with Crippen molar-refractivity contribution in [3.8, 4) is 11.5 Å². The van der Waals surface area contributed by atoms with Crippen molar-refractivity contribution in [2.45, 2.75) is 25.7 Å². The van der Waals surface area contributed by atoms with Gasteiger partial charge < -0.3 is 9.84 Å². The number of ketones is 1. The molecule has 0 heterocycles. The molecule has 0 spiro atoms. The first-order valence-electron chi connectivity index (χ1n) is 9.20. The highest BCUT2D eigenvalue weighted by molar-refractivity contribution is 6.14. The van der Waals surface area contributed by atoms with Crippen LogP contribution >= 0.6 is 0 Å². The number of nitrogens with zero attached hydrogens (tertiary/aromatic N) is 1. The van der Waals surface area contributed by atoms with E-state index in [4.69, 9.17) is 10.1 Å². The number of Topliss-reactive ketones (excluding diaryl/α,β-unsaturated/α-hetero) is 1. The zero-order chi connectivity index (χ0) is 20.3. The minimum Gasteiger partial charge on any atom is -0.504 e. The van der Waals surface area contributed by atoms with Gasteiger partial charge in [-0.1, -0.05) is 36.9 Å². The molecule has 1 fully saturated rings. The van der Waals surface area contributed by atoms with Gasteiger partial charge in [-0.2, -0.15) is 0 Å². The SMILES string of the molecule is C=CC(C)=NC(=N)c1cc(OC)c(O)cc1C(=O)C[C@H]1C[C@H]1c1ccccc1. The van der Waals surface area contributed by atoms with Crippen LogP contribution in [0.15, 0.2) is 60.1 Å². The summed E-state index contributed by atoms with van der Waals surface area (Å²) in [6.45, 7) is 5.37. The maximum Gasteiger partial charge on any atom is 0.164 e. The fourth-order valence-electron chi connectivity index (χ4n) is 3.37. The average Bonchev–Trinajstić information content (AvgIpc) is 3.47. The third-order valence-electron chi connectivity index (χ3n) is 5.06. The number of carbonyl (C=O) groups is 1. The van der Waals surface area contributed by atoms with E-state index in [1.54, 1.807) is 13.0 Å². The Balaban J connectivity index is 1.86. The molecule has 28 heavy (non-hydrogen) atoms. The van der Waals surface area contributed by atoms with Gasteiger partial charge in [0.1, 0.15) is 0 Å². The zero-order valence-corrected chi connectivity index (χ0v) is 16.1. The molecule has 144 valence electrons. The molecule has 2 atom stereocenters. The molecular formula is C23H24N2O3. The minimum absolute atomic E-state index is 0.0607. The molecule has 5 heteroatoms. The van der Waals surface area contributed by atoms with E-state index in [0.29, 0.717) is 29.2 Å². The molecule has 0 aromatic heterocycles. The predicted molar refractivity (Wildman–Crippen MR) is 111 cm³/mol. The molecule has 0 saturated heterocycles. The van der Waals surface area contributed by atoms with Crippen LogP contribution in [0.1, 0.15) is 47.2 Å². The molecule has 1 saturated carbocycles. The second-order valence-electron chi connectivity index (χ2n) is 7.02. The van der Waals surface area contributed by atoms with Crippen molar-refractivity contribution in [1.29, 1.82) is 5.41 Å². The smallest absolute Gasteiger partial charge is 0.164 e. The summed E-state index contributed by atoms with van der Waals surface area (Å²) in [4.78, 5) is 17.2. The number of nitrogens with one attached hydrogen (secondary N) is 1. The molecule has 0 bridgehead atoms. The molecule has 3 rings (SSSR count). The van der Waals surface area contributed by atoms with Crippen molar-refractivity contribution in [2.24, 2.45) is 10.9 Å².